The fraction of sp³-hybridized carbons (Fsp3) is 0. The average molecular weight is 205 g/mol. The van der Waals surface area contributed by atoms with E-state index in [1.165, 1.54) is 0 Å². The van der Waals surface area contributed by atoms with Crippen LogP contribution in [0.1, 0.15) is 5.69 Å². The van der Waals surface area contributed by atoms with Crippen molar-refractivity contribution in [1.82, 2.24) is 15.0 Å². The lowest BCUT2D eigenvalue weighted by atomic mass is 10.3. The van der Waals surface area contributed by atoms with Crippen LogP contribution in [0.25, 0.3) is 11.5 Å². The third-order valence-corrected chi connectivity index (χ3v) is 1.95. The van der Waals surface area contributed by atoms with Crippen LogP contribution in [-0.2, 0) is 0 Å². The van der Waals surface area contributed by atoms with Gasteiger partial charge in [-0.15, -0.1) is 0 Å². The van der Waals surface area contributed by atoms with Crippen LogP contribution in [0.4, 0.5) is 0 Å². The molecule has 0 atom stereocenters. The van der Waals surface area contributed by atoms with E-state index >= 15 is 0 Å². The third-order valence-electron chi connectivity index (χ3n) is 1.67. The van der Waals surface area contributed by atoms with Gasteiger partial charge >= 0.3 is 0 Å². The van der Waals surface area contributed by atoms with Gasteiger partial charge in [0.15, 0.2) is 11.5 Å². The maximum absolute atomic E-state index is 8.64. The first-order chi connectivity index (χ1) is 6.81. The molecule has 2 aromatic heterocycles. The number of nitriles is 1. The molecule has 4 nitrogen and oxygen atoms in total. The van der Waals surface area contributed by atoms with Gasteiger partial charge in [0.2, 0.25) is 0 Å². The topological polar surface area (TPSA) is 65.4 Å². The molecule has 2 aromatic rings. The molecule has 0 radical (unpaired) electrons. The number of nitrogens with one attached hydrogen (secondary N) is 1. The van der Waals surface area contributed by atoms with Gasteiger partial charge in [-0.05, 0) is 12.1 Å². The first kappa shape index (κ1) is 8.73. The lowest BCUT2D eigenvalue weighted by Gasteiger charge is -1.91. The van der Waals surface area contributed by atoms with E-state index < -0.39 is 0 Å². The lowest BCUT2D eigenvalue weighted by Crippen LogP contribution is -1.83. The summed E-state index contributed by atoms with van der Waals surface area (Å²) in [5.41, 5.74) is 0.850. The van der Waals surface area contributed by atoms with E-state index in [0.29, 0.717) is 11.5 Å². The Hall–Kier alpha value is -1.86. The van der Waals surface area contributed by atoms with Crippen LogP contribution in [0.2, 0.25) is 5.15 Å². The lowest BCUT2D eigenvalue weighted by molar-refractivity contribution is 1.22. The highest BCUT2D eigenvalue weighted by atomic mass is 35.5. The highest BCUT2D eigenvalue weighted by molar-refractivity contribution is 6.30. The molecular formula is C9H5ClN4. The summed E-state index contributed by atoms with van der Waals surface area (Å²) in [4.78, 5) is 10.8. The zero-order valence-electron chi connectivity index (χ0n) is 7.03. The quantitative estimate of drug-likeness (QED) is 0.773. The Kier molecular flexibility index (Phi) is 2.17. The minimum atomic E-state index is 0.187. The van der Waals surface area contributed by atoms with Gasteiger partial charge in [0.25, 0.3) is 0 Å². The summed E-state index contributed by atoms with van der Waals surface area (Å²) in [6, 6.07) is 7.31. The first-order valence-corrected chi connectivity index (χ1v) is 4.26. The van der Waals surface area contributed by atoms with Gasteiger partial charge in [0, 0.05) is 6.20 Å². The molecule has 2 rings (SSSR count). The predicted octanol–water partition coefficient (Wildman–Crippen LogP) is 2.00. The van der Waals surface area contributed by atoms with Crippen LogP contribution in [0, 0.1) is 11.3 Å². The normalized spacial score (nSPS) is 9.71. The van der Waals surface area contributed by atoms with Crippen LogP contribution in [0.15, 0.2) is 24.4 Å². The molecule has 0 aliphatic rings. The summed E-state index contributed by atoms with van der Waals surface area (Å²) >= 11 is 5.73. The summed E-state index contributed by atoms with van der Waals surface area (Å²) in [5.74, 6) is 0.507. The summed E-state index contributed by atoms with van der Waals surface area (Å²) in [5, 5.41) is 8.88. The van der Waals surface area contributed by atoms with Crippen molar-refractivity contribution in [2.24, 2.45) is 0 Å². The van der Waals surface area contributed by atoms with E-state index in [0.717, 1.165) is 0 Å². The molecule has 0 spiro atoms. The number of aromatic nitrogens is 3. The molecule has 0 saturated carbocycles. The van der Waals surface area contributed by atoms with Crippen molar-refractivity contribution in [1.29, 1.82) is 5.26 Å². The Balaban J connectivity index is 2.50. The second-order valence-corrected chi connectivity index (χ2v) is 2.95. The zero-order chi connectivity index (χ0) is 9.97. The molecule has 0 amide bonds. The molecule has 0 aliphatic carbocycles. The summed E-state index contributed by atoms with van der Waals surface area (Å²) < 4.78 is 0. The number of imidazole rings is 1. The number of hydrogen-bond donors (Lipinski definition) is 1. The average Bonchev–Trinajstić information content (AvgIpc) is 2.61. The van der Waals surface area contributed by atoms with Gasteiger partial charge in [0.05, 0.1) is 0 Å². The Morgan fingerprint density at radius 1 is 1.43 bits per heavy atom. The molecule has 0 saturated heterocycles. The van der Waals surface area contributed by atoms with E-state index in [2.05, 4.69) is 15.0 Å². The highest BCUT2D eigenvalue weighted by Crippen LogP contribution is 2.18. The SMILES string of the molecule is N#Cc1nc(-c2ccccn2)[nH]c1Cl. The second-order valence-electron chi connectivity index (χ2n) is 2.57. The number of aromatic amines is 1. The molecular weight excluding hydrogens is 200 g/mol. The molecule has 2 heterocycles. The highest BCUT2D eigenvalue weighted by Gasteiger charge is 2.09. The van der Waals surface area contributed by atoms with E-state index in [9.17, 15) is 0 Å². The number of halogens is 1. The maximum atomic E-state index is 8.64. The standard InChI is InChI=1S/C9H5ClN4/c10-8-7(5-11)13-9(14-8)6-3-1-2-4-12-6/h1-4H,(H,13,14). The molecule has 5 heteroatoms. The Morgan fingerprint density at radius 3 is 2.86 bits per heavy atom. The van der Waals surface area contributed by atoms with Gasteiger partial charge in [-0.25, -0.2) is 4.98 Å². The second kappa shape index (κ2) is 3.48. The van der Waals surface area contributed by atoms with Gasteiger partial charge in [0.1, 0.15) is 16.9 Å². The van der Waals surface area contributed by atoms with Crippen molar-refractivity contribution in [3.05, 3.63) is 35.2 Å². The van der Waals surface area contributed by atoms with E-state index in [-0.39, 0.29) is 10.8 Å². The fourth-order valence-corrected chi connectivity index (χ4v) is 1.22. The van der Waals surface area contributed by atoms with E-state index in [4.69, 9.17) is 16.9 Å². The molecule has 0 fully saturated rings. The van der Waals surface area contributed by atoms with Crippen molar-refractivity contribution >= 4 is 11.6 Å². The molecule has 0 aliphatic heterocycles. The Labute approximate surface area is 85.2 Å². The van der Waals surface area contributed by atoms with Crippen LogP contribution in [0.3, 0.4) is 0 Å². The number of pyridine rings is 1. The minimum absolute atomic E-state index is 0.187. The number of nitrogens with zero attached hydrogens (tertiary/aromatic N) is 3. The van der Waals surface area contributed by atoms with Crippen LogP contribution < -0.4 is 0 Å². The molecule has 0 unspecified atom stereocenters. The van der Waals surface area contributed by atoms with Crippen LogP contribution >= 0.6 is 11.6 Å². The number of rotatable bonds is 1. The largest absolute Gasteiger partial charge is 0.327 e. The van der Waals surface area contributed by atoms with Crippen molar-refractivity contribution in [3.8, 4) is 17.6 Å². The van der Waals surface area contributed by atoms with Crippen molar-refractivity contribution < 1.29 is 0 Å². The summed E-state index contributed by atoms with van der Waals surface area (Å²) in [6.45, 7) is 0. The Bertz CT molecular complexity index is 483. The molecule has 14 heavy (non-hydrogen) atoms. The van der Waals surface area contributed by atoms with Crippen LogP contribution in [0.5, 0.6) is 0 Å². The van der Waals surface area contributed by atoms with Gasteiger partial charge in [-0.1, -0.05) is 17.7 Å². The zero-order valence-corrected chi connectivity index (χ0v) is 7.78. The first-order valence-electron chi connectivity index (χ1n) is 3.88. The van der Waals surface area contributed by atoms with Gasteiger partial charge < -0.3 is 4.98 Å². The van der Waals surface area contributed by atoms with E-state index in [1.807, 2.05) is 12.1 Å². The molecule has 0 aromatic carbocycles. The van der Waals surface area contributed by atoms with Crippen molar-refractivity contribution in [2.45, 2.75) is 0 Å². The molecule has 68 valence electrons. The predicted molar refractivity (Wildman–Crippen MR) is 51.5 cm³/mol. The number of H-pyrrole nitrogens is 1. The minimum Gasteiger partial charge on any atom is -0.327 e. The summed E-state index contributed by atoms with van der Waals surface area (Å²) in [6.07, 6.45) is 1.65. The van der Waals surface area contributed by atoms with Crippen molar-refractivity contribution in [3.63, 3.8) is 0 Å². The smallest absolute Gasteiger partial charge is 0.178 e. The maximum Gasteiger partial charge on any atom is 0.178 e. The van der Waals surface area contributed by atoms with E-state index in [1.54, 1.807) is 18.3 Å². The van der Waals surface area contributed by atoms with Crippen molar-refractivity contribution in [2.75, 3.05) is 0 Å². The monoisotopic (exact) mass is 204 g/mol. The Morgan fingerprint density at radius 2 is 2.29 bits per heavy atom. The van der Waals surface area contributed by atoms with Crippen LogP contribution in [-0.4, -0.2) is 15.0 Å². The summed E-state index contributed by atoms with van der Waals surface area (Å²) in [7, 11) is 0. The molecule has 1 N–H and O–H groups in total. The van der Waals surface area contributed by atoms with Gasteiger partial charge in [-0.2, -0.15) is 5.26 Å². The molecule has 0 bridgehead atoms. The van der Waals surface area contributed by atoms with Gasteiger partial charge in [-0.3, -0.25) is 4.98 Å². The third kappa shape index (κ3) is 1.45. The fourth-order valence-electron chi connectivity index (χ4n) is 1.05. The number of hydrogen-bond acceptors (Lipinski definition) is 3.